The average molecular weight is 1280 g/mol. The van der Waals surface area contributed by atoms with Crippen molar-refractivity contribution in [2.24, 2.45) is 50.2 Å². The van der Waals surface area contributed by atoms with Crippen molar-refractivity contribution in [3.05, 3.63) is 11.6 Å². The first-order valence-corrected chi connectivity index (χ1v) is 31.2. The number of esters is 1. The predicted octanol–water partition coefficient (Wildman–Crippen LogP) is -3.85. The smallest absolute Gasteiger partial charge is 0.335 e. The molecule has 0 aromatic heterocycles. The van der Waals surface area contributed by atoms with E-state index in [0.29, 0.717) is 44.9 Å². The Kier molecular flexibility index (Phi) is 20.1. The third-order valence-electron chi connectivity index (χ3n) is 23.5. The summed E-state index contributed by atoms with van der Waals surface area (Å²) >= 11 is 0. The van der Waals surface area contributed by atoms with Crippen molar-refractivity contribution in [3.8, 4) is 0 Å². The number of carboxylic acid groups (broad SMARTS) is 1. The van der Waals surface area contributed by atoms with E-state index in [-0.39, 0.29) is 42.8 Å². The molecule has 5 aliphatic carbocycles. The molecular weight excluding hydrogens is 1180 g/mol. The van der Waals surface area contributed by atoms with Gasteiger partial charge in [0.2, 0.25) is 0 Å². The number of aliphatic carboxylic acids is 1. The maximum absolute atomic E-state index is 12.7. The molecule has 0 amide bonds. The molecule has 5 saturated heterocycles. The van der Waals surface area contributed by atoms with Crippen molar-refractivity contribution >= 4 is 11.9 Å². The fourth-order valence-corrected chi connectivity index (χ4v) is 18.0. The minimum Gasteiger partial charge on any atom is -0.479 e. The Morgan fingerprint density at radius 3 is 1.71 bits per heavy atom. The Hall–Kier alpha value is -2.32. The highest BCUT2D eigenvalue weighted by Crippen LogP contribution is 2.76. The van der Waals surface area contributed by atoms with Gasteiger partial charge in [-0.1, -0.05) is 60.1 Å². The first-order chi connectivity index (χ1) is 41.7. The van der Waals surface area contributed by atoms with Crippen LogP contribution >= 0.6 is 0 Å². The number of hydrogen-bond acceptors (Lipinski definition) is 28. The standard InChI is InChI=1S/C60H96O29/c1-23(64)81-42-26(65)20-79-50(40(42)74)85-43-27(66)21-80-51(41(43)75)89-48-47(76)55(2,3)17-25-24-9-10-31-57(5)13-12-32(58(6,22-63)30(57)11-14-60(31,8)59(24,7)16-15-56(25,48)4)84-54-46(38(72)37(71)44(86-54)49(77)78)88-53-45(36(70)34(68)29(19-62)83-53)87-52-39(73)35(69)33(67)28(18-61)82-52/h9,25-48,50-54,61-63,65-76H,10-22H2,1-8H3,(H,77,78)/t25-,26+,27-,28+,29+,30+,31+,32-,33+,34-,35-,36-,37-,38-,39+,40+,41+,42-,43-,44-,45+,46+,47-,48+,50-,51+,52-,53-,54+,56+,57+,58+,59-,60-/m0/s1. The number of carboxylic acids is 1. The molecule has 0 radical (unpaired) electrons. The molecule has 0 aromatic carbocycles. The van der Waals surface area contributed by atoms with E-state index in [1.807, 2.05) is 20.8 Å². The van der Waals surface area contributed by atoms with Crippen molar-refractivity contribution in [2.45, 2.75) is 266 Å². The number of ether oxygens (including phenoxy) is 11. The van der Waals surface area contributed by atoms with Crippen molar-refractivity contribution in [2.75, 3.05) is 33.0 Å². The molecule has 5 aliphatic heterocycles. The second-order valence-corrected chi connectivity index (χ2v) is 28.9. The van der Waals surface area contributed by atoms with Crippen LogP contribution in [0.25, 0.3) is 0 Å². The number of rotatable bonds is 15. The topological polar surface area (TPSA) is 459 Å². The van der Waals surface area contributed by atoms with Gasteiger partial charge in [-0.2, -0.15) is 0 Å². The van der Waals surface area contributed by atoms with Crippen molar-refractivity contribution in [1.82, 2.24) is 0 Å². The van der Waals surface area contributed by atoms with E-state index < -0.39 is 218 Å². The van der Waals surface area contributed by atoms with Gasteiger partial charge >= 0.3 is 11.9 Å². The second-order valence-electron chi connectivity index (χ2n) is 28.9. The van der Waals surface area contributed by atoms with Gasteiger partial charge in [0.15, 0.2) is 43.7 Å². The molecule has 10 rings (SSSR count). The lowest BCUT2D eigenvalue weighted by Crippen LogP contribution is -2.69. The van der Waals surface area contributed by atoms with E-state index in [4.69, 9.17) is 52.1 Å². The molecule has 16 N–H and O–H groups in total. The third-order valence-corrected chi connectivity index (χ3v) is 23.5. The third kappa shape index (κ3) is 11.7. The van der Waals surface area contributed by atoms with Crippen LogP contribution < -0.4 is 0 Å². The van der Waals surface area contributed by atoms with E-state index in [1.165, 1.54) is 5.57 Å². The van der Waals surface area contributed by atoms with Crippen LogP contribution in [0.4, 0.5) is 0 Å². The summed E-state index contributed by atoms with van der Waals surface area (Å²) in [6.07, 6.45) is -36.7. The van der Waals surface area contributed by atoms with Crippen LogP contribution in [-0.4, -0.2) is 286 Å². The zero-order chi connectivity index (χ0) is 65.2. The molecule has 29 heteroatoms. The molecule has 0 unspecified atom stereocenters. The molecule has 34 atom stereocenters. The Morgan fingerprint density at radius 2 is 1.10 bits per heavy atom. The van der Waals surface area contributed by atoms with Crippen molar-refractivity contribution in [3.63, 3.8) is 0 Å². The predicted molar refractivity (Wildman–Crippen MR) is 296 cm³/mol. The number of aliphatic hydroxyl groups is 15. The summed E-state index contributed by atoms with van der Waals surface area (Å²) in [5.74, 6) is -2.79. The zero-order valence-corrected chi connectivity index (χ0v) is 51.5. The summed E-state index contributed by atoms with van der Waals surface area (Å²) in [5, 5.41) is 176. The molecule has 89 heavy (non-hydrogen) atoms. The fraction of sp³-hybridized carbons (Fsp3) is 0.933. The molecule has 4 saturated carbocycles. The van der Waals surface area contributed by atoms with Gasteiger partial charge < -0.3 is 134 Å². The number of allylic oxidation sites excluding steroid dienone is 2. The lowest BCUT2D eigenvalue weighted by Gasteiger charge is -2.72. The van der Waals surface area contributed by atoms with Gasteiger partial charge in [-0.15, -0.1) is 0 Å². The van der Waals surface area contributed by atoms with Gasteiger partial charge in [-0.25, -0.2) is 4.79 Å². The normalized spacial score (nSPS) is 54.1. The Morgan fingerprint density at radius 1 is 0.551 bits per heavy atom. The number of aliphatic hydroxyl groups excluding tert-OH is 15. The number of carbonyl (C=O) groups excluding carboxylic acids is 1. The largest absolute Gasteiger partial charge is 0.479 e. The fourth-order valence-electron chi connectivity index (χ4n) is 18.0. The van der Waals surface area contributed by atoms with Crippen molar-refractivity contribution in [1.29, 1.82) is 0 Å². The molecule has 5 heterocycles. The molecule has 9 fully saturated rings. The van der Waals surface area contributed by atoms with Gasteiger partial charge in [0.1, 0.15) is 97.7 Å². The quantitative estimate of drug-likeness (QED) is 0.0424. The molecule has 510 valence electrons. The molecular formula is C60H96O29. The number of hydrogen-bond donors (Lipinski definition) is 16. The van der Waals surface area contributed by atoms with E-state index in [2.05, 4.69) is 33.8 Å². The highest BCUT2D eigenvalue weighted by Gasteiger charge is 2.71. The summed E-state index contributed by atoms with van der Waals surface area (Å²) in [4.78, 5) is 24.5. The minimum atomic E-state index is -2.17. The van der Waals surface area contributed by atoms with E-state index >= 15 is 0 Å². The molecule has 29 nitrogen and oxygen atoms in total. The lowest BCUT2D eigenvalue weighted by molar-refractivity contribution is -0.397. The first kappa shape index (κ1) is 69.5. The van der Waals surface area contributed by atoms with Gasteiger partial charge in [0.05, 0.1) is 51.3 Å². The summed E-state index contributed by atoms with van der Waals surface area (Å²) in [5.41, 5.74) is -2.53. The second kappa shape index (κ2) is 25.7. The monoisotopic (exact) mass is 1280 g/mol. The lowest BCUT2D eigenvalue weighted by atomic mass is 9.33. The molecule has 0 bridgehead atoms. The molecule has 0 spiro atoms. The van der Waals surface area contributed by atoms with Crippen LogP contribution in [0.5, 0.6) is 0 Å². The summed E-state index contributed by atoms with van der Waals surface area (Å²) in [7, 11) is 0. The summed E-state index contributed by atoms with van der Waals surface area (Å²) in [6.45, 7) is 13.0. The number of carbonyl (C=O) groups is 2. The minimum absolute atomic E-state index is 0.0296. The zero-order valence-electron chi connectivity index (χ0n) is 51.5. The highest BCUT2D eigenvalue weighted by molar-refractivity contribution is 5.73. The summed E-state index contributed by atoms with van der Waals surface area (Å²) in [6, 6.07) is 0. The summed E-state index contributed by atoms with van der Waals surface area (Å²) < 4.78 is 65.5. The maximum Gasteiger partial charge on any atom is 0.335 e. The van der Waals surface area contributed by atoms with Gasteiger partial charge in [-0.3, -0.25) is 4.79 Å². The Labute approximate surface area is 515 Å². The maximum atomic E-state index is 12.7. The SMILES string of the molecule is CC(=O)O[C@@H]1[C@@H](O)[C@H](O[C@@H]2[C@@H](O)[C@@H](O[C@@H]3[C@H](O)C(C)(C)C[C@H]4C5=CC[C@@H]6[C@]7(C)CC[C@H](O[C@@H]8O[C@H](C(=O)O)[C@@H](O)[C@H](O)[C@H]8O[C@@H]8O[C@H](CO)[C@H](O)[C@H](O)[C@H]8O[C@@H]8O[C@H](CO)[C@@H](O)[C@H](O)[C@H]8O)[C@](C)(CO)[C@@H]7CC[C@]6(C)[C@@]5(C)CC[C@@]34C)OC[C@@H]2O)OC[C@H]1O. The van der Waals surface area contributed by atoms with Crippen LogP contribution in [0.1, 0.15) is 107 Å². The molecule has 10 aliphatic rings. The van der Waals surface area contributed by atoms with Crippen LogP contribution in [0, 0.1) is 50.2 Å². The van der Waals surface area contributed by atoms with E-state index in [0.717, 1.165) is 6.92 Å². The molecule has 0 aromatic rings. The van der Waals surface area contributed by atoms with E-state index in [1.54, 1.807) is 0 Å². The van der Waals surface area contributed by atoms with Crippen LogP contribution in [-0.2, 0) is 61.7 Å². The van der Waals surface area contributed by atoms with Crippen LogP contribution in [0.15, 0.2) is 11.6 Å². The van der Waals surface area contributed by atoms with E-state index in [9.17, 15) is 91.3 Å². The average Bonchev–Trinajstić information content (AvgIpc) is 0.701. The first-order valence-electron chi connectivity index (χ1n) is 31.2. The van der Waals surface area contributed by atoms with Crippen LogP contribution in [0.2, 0.25) is 0 Å². The highest BCUT2D eigenvalue weighted by atomic mass is 16.8. The van der Waals surface area contributed by atoms with Gasteiger partial charge in [-0.05, 0) is 90.8 Å². The number of fused-ring (bicyclic) bond motifs is 7. The Balaban J connectivity index is 0.888. The van der Waals surface area contributed by atoms with Crippen molar-refractivity contribution < 1.29 is 143 Å². The van der Waals surface area contributed by atoms with Crippen LogP contribution in [0.3, 0.4) is 0 Å². The Bertz CT molecular complexity index is 2530. The van der Waals surface area contributed by atoms with Gasteiger partial charge in [0.25, 0.3) is 0 Å². The van der Waals surface area contributed by atoms with Gasteiger partial charge in [0, 0.05) is 17.8 Å².